The van der Waals surface area contributed by atoms with Crippen molar-refractivity contribution in [2.45, 2.75) is 40.0 Å². The summed E-state index contributed by atoms with van der Waals surface area (Å²) in [6.45, 7) is 8.37. The fourth-order valence-corrected chi connectivity index (χ4v) is 2.20. The highest BCUT2D eigenvalue weighted by Crippen LogP contribution is 2.29. The molecule has 0 fully saturated rings. The van der Waals surface area contributed by atoms with Crippen LogP contribution >= 0.6 is 11.6 Å². The minimum absolute atomic E-state index is 0.149. The lowest BCUT2D eigenvalue weighted by molar-refractivity contribution is 0.303. The molecule has 0 bridgehead atoms. The van der Waals surface area contributed by atoms with E-state index in [1.54, 1.807) is 0 Å². The predicted octanol–water partition coefficient (Wildman–Crippen LogP) is 4.58. The first kappa shape index (κ1) is 16.4. The number of halogens is 3. The van der Waals surface area contributed by atoms with Gasteiger partial charge in [-0.3, -0.25) is 0 Å². The summed E-state index contributed by atoms with van der Waals surface area (Å²) in [5.41, 5.74) is 0.827. The number of benzene rings is 1. The SMILES string of the molecule is CCNCCC(C)(C)CCc1cc(F)c(F)cc1Cl. The van der Waals surface area contributed by atoms with Crippen molar-refractivity contribution in [2.75, 3.05) is 13.1 Å². The molecule has 0 saturated carbocycles. The van der Waals surface area contributed by atoms with Gasteiger partial charge in [-0.1, -0.05) is 32.4 Å². The molecule has 108 valence electrons. The van der Waals surface area contributed by atoms with Gasteiger partial charge in [-0.2, -0.15) is 0 Å². The van der Waals surface area contributed by atoms with Crippen molar-refractivity contribution in [3.8, 4) is 0 Å². The monoisotopic (exact) mass is 289 g/mol. The summed E-state index contributed by atoms with van der Waals surface area (Å²) >= 11 is 5.94. The smallest absolute Gasteiger partial charge is 0.160 e. The van der Waals surface area contributed by atoms with E-state index in [1.807, 2.05) is 0 Å². The molecule has 0 aliphatic heterocycles. The van der Waals surface area contributed by atoms with E-state index in [2.05, 4.69) is 26.1 Å². The van der Waals surface area contributed by atoms with E-state index in [0.717, 1.165) is 32.0 Å². The van der Waals surface area contributed by atoms with Crippen LogP contribution in [0.5, 0.6) is 0 Å². The summed E-state index contributed by atoms with van der Waals surface area (Å²) in [6.07, 6.45) is 2.60. The molecule has 0 amide bonds. The van der Waals surface area contributed by atoms with Gasteiger partial charge in [-0.15, -0.1) is 0 Å². The Balaban J connectivity index is 2.58. The first-order chi connectivity index (χ1) is 8.85. The Labute approximate surface area is 119 Å². The number of nitrogens with one attached hydrogen (secondary N) is 1. The van der Waals surface area contributed by atoms with E-state index >= 15 is 0 Å². The molecule has 1 nitrogen and oxygen atoms in total. The van der Waals surface area contributed by atoms with Crippen LogP contribution < -0.4 is 5.32 Å². The molecule has 0 unspecified atom stereocenters. The molecule has 0 aliphatic carbocycles. The van der Waals surface area contributed by atoms with Crippen LogP contribution in [0.4, 0.5) is 8.78 Å². The molecular formula is C15H22ClF2N. The number of aryl methyl sites for hydroxylation is 1. The maximum absolute atomic E-state index is 13.2. The van der Waals surface area contributed by atoms with Crippen LogP contribution in [0.2, 0.25) is 5.02 Å². The molecule has 0 aliphatic rings. The molecule has 0 saturated heterocycles. The zero-order valence-electron chi connectivity index (χ0n) is 11.8. The second-order valence-electron chi connectivity index (χ2n) is 5.63. The van der Waals surface area contributed by atoms with E-state index in [9.17, 15) is 8.78 Å². The van der Waals surface area contributed by atoms with Gasteiger partial charge in [-0.05, 0) is 55.5 Å². The van der Waals surface area contributed by atoms with Crippen LogP contribution in [0.1, 0.15) is 39.2 Å². The van der Waals surface area contributed by atoms with Crippen LogP contribution in [0, 0.1) is 17.0 Å². The zero-order valence-corrected chi connectivity index (χ0v) is 12.6. The highest BCUT2D eigenvalue weighted by Gasteiger charge is 2.18. The topological polar surface area (TPSA) is 12.0 Å². The summed E-state index contributed by atoms with van der Waals surface area (Å²) in [4.78, 5) is 0. The molecule has 0 heterocycles. The van der Waals surface area contributed by atoms with Crippen molar-refractivity contribution in [1.82, 2.24) is 5.32 Å². The molecule has 0 atom stereocenters. The lowest BCUT2D eigenvalue weighted by Crippen LogP contribution is -2.22. The third-order valence-corrected chi connectivity index (χ3v) is 3.74. The summed E-state index contributed by atoms with van der Waals surface area (Å²) < 4.78 is 26.2. The van der Waals surface area contributed by atoms with Gasteiger partial charge >= 0.3 is 0 Å². The number of hydrogen-bond donors (Lipinski definition) is 1. The number of hydrogen-bond acceptors (Lipinski definition) is 1. The average molecular weight is 290 g/mol. The molecular weight excluding hydrogens is 268 g/mol. The van der Waals surface area contributed by atoms with E-state index in [-0.39, 0.29) is 5.41 Å². The normalized spacial score (nSPS) is 11.9. The Bertz CT molecular complexity index is 419. The minimum atomic E-state index is -0.889. The highest BCUT2D eigenvalue weighted by molar-refractivity contribution is 6.31. The minimum Gasteiger partial charge on any atom is -0.317 e. The molecule has 1 aromatic carbocycles. The van der Waals surface area contributed by atoms with Crippen LogP contribution in [0.25, 0.3) is 0 Å². The lowest BCUT2D eigenvalue weighted by Gasteiger charge is -2.25. The Morgan fingerprint density at radius 3 is 2.42 bits per heavy atom. The molecule has 1 rings (SSSR count). The van der Waals surface area contributed by atoms with Gasteiger partial charge in [0.05, 0.1) is 0 Å². The maximum atomic E-state index is 13.2. The average Bonchev–Trinajstić information content (AvgIpc) is 2.32. The van der Waals surface area contributed by atoms with E-state index in [1.165, 1.54) is 6.07 Å². The standard InChI is InChI=1S/C15H22ClF2N/c1-4-19-8-7-15(2,3)6-5-11-9-13(17)14(18)10-12(11)16/h9-10,19H,4-8H2,1-3H3. The first-order valence-electron chi connectivity index (χ1n) is 6.70. The van der Waals surface area contributed by atoms with Crippen molar-refractivity contribution in [3.63, 3.8) is 0 Å². The second-order valence-corrected chi connectivity index (χ2v) is 6.03. The Morgan fingerprint density at radius 1 is 1.16 bits per heavy atom. The third kappa shape index (κ3) is 5.45. The molecule has 1 N–H and O–H groups in total. The Kier molecular flexibility index (Phi) is 6.21. The van der Waals surface area contributed by atoms with Gasteiger partial charge in [0.1, 0.15) is 0 Å². The Hall–Kier alpha value is -0.670. The van der Waals surface area contributed by atoms with Crippen LogP contribution in [-0.4, -0.2) is 13.1 Å². The van der Waals surface area contributed by atoms with Gasteiger partial charge in [-0.25, -0.2) is 8.78 Å². The second kappa shape index (κ2) is 7.20. The van der Waals surface area contributed by atoms with Crippen LogP contribution in [0.15, 0.2) is 12.1 Å². The van der Waals surface area contributed by atoms with Crippen LogP contribution in [-0.2, 0) is 6.42 Å². The molecule has 1 aromatic rings. The van der Waals surface area contributed by atoms with Gasteiger partial charge < -0.3 is 5.32 Å². The molecule has 0 aromatic heterocycles. The Morgan fingerprint density at radius 2 is 1.79 bits per heavy atom. The molecule has 0 radical (unpaired) electrons. The van der Waals surface area contributed by atoms with Gasteiger partial charge in [0.15, 0.2) is 11.6 Å². The van der Waals surface area contributed by atoms with Crippen molar-refractivity contribution >= 4 is 11.6 Å². The summed E-state index contributed by atoms with van der Waals surface area (Å²) in [6, 6.07) is 2.26. The van der Waals surface area contributed by atoms with E-state index < -0.39 is 11.6 Å². The fourth-order valence-electron chi connectivity index (χ4n) is 1.96. The summed E-state index contributed by atoms with van der Waals surface area (Å²) in [7, 11) is 0. The maximum Gasteiger partial charge on any atom is 0.160 e. The number of rotatable bonds is 7. The van der Waals surface area contributed by atoms with Crippen molar-refractivity contribution in [1.29, 1.82) is 0 Å². The van der Waals surface area contributed by atoms with Crippen molar-refractivity contribution in [2.24, 2.45) is 5.41 Å². The largest absolute Gasteiger partial charge is 0.317 e. The molecule has 19 heavy (non-hydrogen) atoms. The highest BCUT2D eigenvalue weighted by atomic mass is 35.5. The van der Waals surface area contributed by atoms with Crippen molar-refractivity contribution < 1.29 is 8.78 Å². The summed E-state index contributed by atoms with van der Waals surface area (Å²) in [5, 5.41) is 3.60. The van der Waals surface area contributed by atoms with E-state index in [0.29, 0.717) is 17.0 Å². The zero-order chi connectivity index (χ0) is 14.5. The quantitative estimate of drug-likeness (QED) is 0.572. The molecule has 4 heteroatoms. The van der Waals surface area contributed by atoms with Crippen LogP contribution in [0.3, 0.4) is 0 Å². The predicted molar refractivity (Wildman–Crippen MR) is 76.6 cm³/mol. The first-order valence-corrected chi connectivity index (χ1v) is 7.07. The summed E-state index contributed by atoms with van der Waals surface area (Å²) in [5.74, 6) is -1.72. The van der Waals surface area contributed by atoms with Gasteiger partial charge in [0.25, 0.3) is 0 Å². The van der Waals surface area contributed by atoms with Crippen molar-refractivity contribution in [3.05, 3.63) is 34.4 Å². The third-order valence-electron chi connectivity index (χ3n) is 3.39. The van der Waals surface area contributed by atoms with Gasteiger partial charge in [0, 0.05) is 5.02 Å². The lowest BCUT2D eigenvalue weighted by atomic mass is 9.83. The molecule has 0 spiro atoms. The van der Waals surface area contributed by atoms with E-state index in [4.69, 9.17) is 11.6 Å². The van der Waals surface area contributed by atoms with Gasteiger partial charge in [0.2, 0.25) is 0 Å². The fraction of sp³-hybridized carbons (Fsp3) is 0.600.